The second kappa shape index (κ2) is 10.5. The predicted molar refractivity (Wildman–Crippen MR) is 121 cm³/mol. The lowest BCUT2D eigenvalue weighted by Crippen LogP contribution is -3.13. The van der Waals surface area contributed by atoms with Gasteiger partial charge in [-0.15, -0.1) is 0 Å². The molecule has 0 amide bonds. The number of nitrogens with zero attached hydrogens (tertiary/aromatic N) is 1. The highest BCUT2D eigenvalue weighted by atomic mass is 32.1. The van der Waals surface area contributed by atoms with Crippen molar-refractivity contribution in [3.05, 3.63) is 59.2 Å². The van der Waals surface area contributed by atoms with Crippen molar-refractivity contribution in [3.63, 3.8) is 0 Å². The van der Waals surface area contributed by atoms with Gasteiger partial charge in [0.15, 0.2) is 16.6 Å². The zero-order valence-electron chi connectivity index (χ0n) is 17.7. The molecule has 29 heavy (non-hydrogen) atoms. The van der Waals surface area contributed by atoms with Crippen LogP contribution in [-0.4, -0.2) is 57.0 Å². The Morgan fingerprint density at radius 1 is 1.07 bits per heavy atom. The summed E-state index contributed by atoms with van der Waals surface area (Å²) in [7, 11) is 3.37. The van der Waals surface area contributed by atoms with Gasteiger partial charge in [0.25, 0.3) is 0 Å². The van der Waals surface area contributed by atoms with E-state index in [1.54, 1.807) is 19.1 Å². The molecule has 0 unspecified atom stereocenters. The maximum Gasteiger partial charge on any atom is 0.169 e. The Morgan fingerprint density at radius 2 is 1.72 bits per heavy atom. The molecular weight excluding hydrogens is 382 g/mol. The van der Waals surface area contributed by atoms with Crippen LogP contribution in [0.1, 0.15) is 16.7 Å². The van der Waals surface area contributed by atoms with Gasteiger partial charge in [0, 0.05) is 12.1 Å². The lowest BCUT2D eigenvalue weighted by molar-refractivity contribution is -0.917. The largest absolute Gasteiger partial charge is 0.493 e. The molecule has 6 heteroatoms. The molecule has 5 nitrogen and oxygen atoms in total. The van der Waals surface area contributed by atoms with E-state index in [0.29, 0.717) is 0 Å². The molecule has 156 valence electrons. The number of aryl methyl sites for hydroxylation is 1. The number of quaternary nitrogens is 1. The van der Waals surface area contributed by atoms with Gasteiger partial charge in [-0.3, -0.25) is 0 Å². The van der Waals surface area contributed by atoms with Gasteiger partial charge in [-0.2, -0.15) is 0 Å². The molecule has 1 saturated heterocycles. The Morgan fingerprint density at radius 3 is 2.38 bits per heavy atom. The lowest BCUT2D eigenvalue weighted by atomic mass is 10.1. The number of thiocarbonyl (C=S) groups is 1. The van der Waals surface area contributed by atoms with Gasteiger partial charge < -0.3 is 24.6 Å². The first kappa shape index (κ1) is 21.4. The van der Waals surface area contributed by atoms with Crippen molar-refractivity contribution in [2.24, 2.45) is 0 Å². The third kappa shape index (κ3) is 5.84. The van der Waals surface area contributed by atoms with Crippen molar-refractivity contribution in [1.82, 2.24) is 10.2 Å². The highest BCUT2D eigenvalue weighted by Gasteiger charge is 2.23. The molecule has 2 aromatic carbocycles. The van der Waals surface area contributed by atoms with E-state index in [9.17, 15) is 0 Å². The van der Waals surface area contributed by atoms with E-state index in [2.05, 4.69) is 53.5 Å². The number of nitrogens with one attached hydrogen (secondary N) is 2. The van der Waals surface area contributed by atoms with Crippen molar-refractivity contribution in [2.75, 3.05) is 46.9 Å². The lowest BCUT2D eigenvalue weighted by Gasteiger charge is -2.34. The minimum Gasteiger partial charge on any atom is -0.493 e. The number of ether oxygens (including phenoxy) is 2. The molecule has 2 aromatic rings. The Balaban J connectivity index is 1.46. The van der Waals surface area contributed by atoms with Crippen molar-refractivity contribution < 1.29 is 14.4 Å². The molecule has 0 aliphatic carbocycles. The van der Waals surface area contributed by atoms with Crippen LogP contribution in [-0.2, 0) is 13.0 Å². The third-order valence-electron chi connectivity index (χ3n) is 5.57. The van der Waals surface area contributed by atoms with Crippen molar-refractivity contribution in [2.45, 2.75) is 19.9 Å². The molecule has 1 aliphatic rings. The van der Waals surface area contributed by atoms with Gasteiger partial charge in [-0.1, -0.05) is 30.3 Å². The Kier molecular flexibility index (Phi) is 7.72. The summed E-state index contributed by atoms with van der Waals surface area (Å²) in [5.74, 6) is 1.59. The van der Waals surface area contributed by atoms with Crippen LogP contribution in [0.4, 0.5) is 0 Å². The van der Waals surface area contributed by atoms with Gasteiger partial charge in [-0.05, 0) is 48.8 Å². The van der Waals surface area contributed by atoms with Gasteiger partial charge >= 0.3 is 0 Å². The molecule has 0 radical (unpaired) electrons. The fraction of sp³-hybridized carbons (Fsp3) is 0.435. The van der Waals surface area contributed by atoms with Gasteiger partial charge in [0.05, 0.1) is 40.4 Å². The molecule has 1 aliphatic heterocycles. The first-order chi connectivity index (χ1) is 14.1. The van der Waals surface area contributed by atoms with Crippen LogP contribution < -0.4 is 19.7 Å². The van der Waals surface area contributed by atoms with Gasteiger partial charge in [0.2, 0.25) is 0 Å². The molecule has 0 spiro atoms. The SMILES string of the molecule is COc1cc(C)c(C[NH+]2CCN(C(=S)NCCc3ccccc3)CC2)cc1OC. The number of hydrogen-bond acceptors (Lipinski definition) is 3. The molecule has 2 N–H and O–H groups in total. The molecule has 0 atom stereocenters. The smallest absolute Gasteiger partial charge is 0.169 e. The third-order valence-corrected chi connectivity index (χ3v) is 5.98. The van der Waals surface area contributed by atoms with E-state index < -0.39 is 0 Å². The van der Waals surface area contributed by atoms with Crippen LogP contribution in [0.15, 0.2) is 42.5 Å². The van der Waals surface area contributed by atoms with Crippen LogP contribution in [0.5, 0.6) is 11.5 Å². The average Bonchev–Trinajstić information content (AvgIpc) is 2.76. The first-order valence-electron chi connectivity index (χ1n) is 10.2. The quantitative estimate of drug-likeness (QED) is 0.677. The highest BCUT2D eigenvalue weighted by Crippen LogP contribution is 2.29. The molecule has 0 bridgehead atoms. The van der Waals surface area contributed by atoms with Crippen LogP contribution in [0.25, 0.3) is 0 Å². The minimum absolute atomic E-state index is 0.792. The van der Waals surface area contributed by atoms with E-state index in [1.165, 1.54) is 16.7 Å². The highest BCUT2D eigenvalue weighted by molar-refractivity contribution is 7.80. The molecule has 1 heterocycles. The number of rotatable bonds is 7. The first-order valence-corrected chi connectivity index (χ1v) is 10.6. The number of methoxy groups -OCH3 is 2. The topological polar surface area (TPSA) is 38.2 Å². The Hall–Kier alpha value is -2.31. The summed E-state index contributed by atoms with van der Waals surface area (Å²) < 4.78 is 10.9. The zero-order valence-corrected chi connectivity index (χ0v) is 18.5. The van der Waals surface area contributed by atoms with E-state index in [0.717, 1.165) is 62.3 Å². The molecule has 3 rings (SSSR count). The summed E-state index contributed by atoms with van der Waals surface area (Å²) in [4.78, 5) is 3.87. The van der Waals surface area contributed by atoms with E-state index in [-0.39, 0.29) is 0 Å². The monoisotopic (exact) mass is 414 g/mol. The summed E-state index contributed by atoms with van der Waals surface area (Å²) in [6, 6.07) is 14.7. The van der Waals surface area contributed by atoms with Crippen LogP contribution >= 0.6 is 12.2 Å². The number of benzene rings is 2. The Labute approximate surface area is 179 Å². The van der Waals surface area contributed by atoms with Crippen LogP contribution in [0.3, 0.4) is 0 Å². The molecule has 0 aromatic heterocycles. The van der Waals surface area contributed by atoms with Crippen molar-refractivity contribution >= 4 is 17.3 Å². The summed E-state index contributed by atoms with van der Waals surface area (Å²) in [5.41, 5.74) is 3.90. The normalized spacial score (nSPS) is 14.5. The zero-order chi connectivity index (χ0) is 20.6. The van der Waals surface area contributed by atoms with Crippen molar-refractivity contribution in [3.8, 4) is 11.5 Å². The van der Waals surface area contributed by atoms with Gasteiger partial charge in [0.1, 0.15) is 6.54 Å². The number of piperazine rings is 1. The van der Waals surface area contributed by atoms with Crippen LogP contribution in [0.2, 0.25) is 0 Å². The summed E-state index contributed by atoms with van der Waals surface area (Å²) in [5, 5.41) is 4.30. The maximum absolute atomic E-state index is 5.61. The molecular formula is C23H32N3O2S+. The summed E-state index contributed by atoms with van der Waals surface area (Å²) in [6.07, 6.45) is 0.991. The Bertz CT molecular complexity index is 805. The predicted octanol–water partition coefficient (Wildman–Crippen LogP) is 1.83. The van der Waals surface area contributed by atoms with Crippen LogP contribution in [0, 0.1) is 6.92 Å². The molecule has 1 fully saturated rings. The fourth-order valence-corrected chi connectivity index (χ4v) is 4.04. The average molecular weight is 415 g/mol. The fourth-order valence-electron chi connectivity index (χ4n) is 3.76. The van der Waals surface area contributed by atoms with Crippen molar-refractivity contribution in [1.29, 1.82) is 0 Å². The second-order valence-corrected chi connectivity index (χ2v) is 7.90. The minimum atomic E-state index is 0.792. The summed E-state index contributed by atoms with van der Waals surface area (Å²) in [6.45, 7) is 8.13. The maximum atomic E-state index is 5.61. The second-order valence-electron chi connectivity index (χ2n) is 7.52. The van der Waals surface area contributed by atoms with E-state index in [1.807, 2.05) is 6.07 Å². The van der Waals surface area contributed by atoms with E-state index in [4.69, 9.17) is 21.7 Å². The number of hydrogen-bond donors (Lipinski definition) is 2. The van der Waals surface area contributed by atoms with Gasteiger partial charge in [-0.25, -0.2) is 0 Å². The van der Waals surface area contributed by atoms with E-state index >= 15 is 0 Å². The standard InChI is InChI=1S/C23H31N3O2S/c1-18-15-21(27-2)22(28-3)16-20(18)17-25-11-13-26(14-12-25)23(29)24-10-9-19-7-5-4-6-8-19/h4-8,15-16H,9-14,17H2,1-3H3,(H,24,29)/p+1. The molecule has 0 saturated carbocycles. The summed E-state index contributed by atoms with van der Waals surface area (Å²) >= 11 is 5.61.